The molecular formula is C23H18ClF4N5O. The van der Waals surface area contributed by atoms with Crippen LogP contribution in [0.15, 0.2) is 60.9 Å². The number of hydrogen-bond acceptors (Lipinski definition) is 3. The predicted molar refractivity (Wildman–Crippen MR) is 118 cm³/mol. The van der Waals surface area contributed by atoms with Crippen LogP contribution in [-0.2, 0) is 6.18 Å². The molecule has 0 fully saturated rings. The molecule has 0 spiro atoms. The highest BCUT2D eigenvalue weighted by molar-refractivity contribution is 6.30. The monoisotopic (exact) mass is 491 g/mol. The van der Waals surface area contributed by atoms with Gasteiger partial charge in [-0.05, 0) is 62.4 Å². The minimum absolute atomic E-state index is 0.111. The molecule has 1 N–H and O–H groups in total. The zero-order chi connectivity index (χ0) is 24.6. The van der Waals surface area contributed by atoms with Gasteiger partial charge in [-0.2, -0.15) is 23.4 Å². The molecule has 1 atom stereocenters. The molecule has 0 aliphatic carbocycles. The SMILES string of the molecule is Cc1c(C(C)NC(=O)c2cnn(-c3ccc(Cl)cc3)c2C(F)(F)F)cnn1-c1ccc(F)cc1. The van der Waals surface area contributed by atoms with Gasteiger partial charge in [0.05, 0.1) is 35.4 Å². The molecule has 11 heteroatoms. The molecule has 34 heavy (non-hydrogen) atoms. The molecule has 0 aliphatic heterocycles. The van der Waals surface area contributed by atoms with E-state index >= 15 is 0 Å². The number of alkyl halides is 3. The minimum Gasteiger partial charge on any atom is -0.345 e. The molecule has 1 unspecified atom stereocenters. The van der Waals surface area contributed by atoms with Gasteiger partial charge in [0.1, 0.15) is 5.82 Å². The Morgan fingerprint density at radius 1 is 0.971 bits per heavy atom. The summed E-state index contributed by atoms with van der Waals surface area (Å²) in [6.45, 7) is 3.38. The summed E-state index contributed by atoms with van der Waals surface area (Å²) in [5, 5.41) is 11.0. The highest BCUT2D eigenvalue weighted by atomic mass is 35.5. The van der Waals surface area contributed by atoms with E-state index in [1.807, 2.05) is 0 Å². The zero-order valence-electron chi connectivity index (χ0n) is 17.9. The van der Waals surface area contributed by atoms with Gasteiger partial charge in [0.2, 0.25) is 0 Å². The van der Waals surface area contributed by atoms with Crippen LogP contribution in [0.3, 0.4) is 0 Å². The van der Waals surface area contributed by atoms with Crippen LogP contribution in [0, 0.1) is 12.7 Å². The van der Waals surface area contributed by atoms with Crippen LogP contribution in [0.5, 0.6) is 0 Å². The van der Waals surface area contributed by atoms with Gasteiger partial charge >= 0.3 is 6.18 Å². The van der Waals surface area contributed by atoms with E-state index < -0.39 is 35.2 Å². The van der Waals surface area contributed by atoms with Crippen molar-refractivity contribution in [2.24, 2.45) is 0 Å². The van der Waals surface area contributed by atoms with Gasteiger partial charge in [-0.15, -0.1) is 0 Å². The van der Waals surface area contributed by atoms with Gasteiger partial charge in [0, 0.05) is 16.3 Å². The number of carbonyl (C=O) groups excluding carboxylic acids is 1. The van der Waals surface area contributed by atoms with Gasteiger partial charge in [0.25, 0.3) is 5.91 Å². The largest absolute Gasteiger partial charge is 0.434 e. The standard InChI is InChI=1S/C23H18ClF4N5O/c1-13(19-11-29-32(14(19)2)17-9-5-16(25)6-10-17)31-22(34)20-12-30-33(21(20)23(26,27)28)18-7-3-15(24)4-8-18/h3-13H,1-2H3,(H,31,34). The maximum Gasteiger partial charge on any atom is 0.434 e. The summed E-state index contributed by atoms with van der Waals surface area (Å²) >= 11 is 5.82. The van der Waals surface area contributed by atoms with Gasteiger partial charge in [-0.3, -0.25) is 4.79 Å². The topological polar surface area (TPSA) is 64.7 Å². The number of amides is 1. The smallest absolute Gasteiger partial charge is 0.345 e. The van der Waals surface area contributed by atoms with E-state index in [0.29, 0.717) is 26.6 Å². The molecule has 2 aromatic carbocycles. The van der Waals surface area contributed by atoms with Crippen LogP contribution in [0.2, 0.25) is 5.02 Å². The van der Waals surface area contributed by atoms with Gasteiger partial charge < -0.3 is 5.32 Å². The molecular weight excluding hydrogens is 474 g/mol. The average Bonchev–Trinajstić information content (AvgIpc) is 3.39. The average molecular weight is 492 g/mol. The van der Waals surface area contributed by atoms with Crippen molar-refractivity contribution in [2.75, 3.05) is 0 Å². The number of carbonyl (C=O) groups is 1. The molecule has 4 rings (SSSR count). The molecule has 0 saturated carbocycles. The first-order chi connectivity index (χ1) is 16.1. The van der Waals surface area contributed by atoms with E-state index in [4.69, 9.17) is 11.6 Å². The molecule has 6 nitrogen and oxygen atoms in total. The predicted octanol–water partition coefficient (Wildman–Crippen LogP) is 5.67. The Morgan fingerprint density at radius 2 is 1.53 bits per heavy atom. The fourth-order valence-corrected chi connectivity index (χ4v) is 3.73. The van der Waals surface area contributed by atoms with Crippen molar-refractivity contribution in [3.8, 4) is 11.4 Å². The molecule has 0 saturated heterocycles. The lowest BCUT2D eigenvalue weighted by Crippen LogP contribution is -2.29. The second kappa shape index (κ2) is 8.94. The third kappa shape index (κ3) is 4.54. The Labute approximate surface area is 196 Å². The lowest BCUT2D eigenvalue weighted by atomic mass is 10.1. The second-order valence-electron chi connectivity index (χ2n) is 7.56. The summed E-state index contributed by atoms with van der Waals surface area (Å²) in [4.78, 5) is 12.9. The molecule has 176 valence electrons. The van der Waals surface area contributed by atoms with E-state index in [1.54, 1.807) is 30.7 Å². The van der Waals surface area contributed by atoms with Crippen LogP contribution in [0.25, 0.3) is 11.4 Å². The first kappa shape index (κ1) is 23.5. The molecule has 1 amide bonds. The maximum atomic E-state index is 13.9. The number of nitrogens with one attached hydrogen (secondary N) is 1. The third-order valence-electron chi connectivity index (χ3n) is 5.29. The van der Waals surface area contributed by atoms with E-state index in [0.717, 1.165) is 6.20 Å². The van der Waals surface area contributed by atoms with Crippen molar-refractivity contribution in [1.82, 2.24) is 24.9 Å². The lowest BCUT2D eigenvalue weighted by molar-refractivity contribution is -0.143. The number of aromatic nitrogens is 4. The fraction of sp³-hybridized carbons (Fsp3) is 0.174. The molecule has 0 aliphatic rings. The lowest BCUT2D eigenvalue weighted by Gasteiger charge is -2.16. The maximum absolute atomic E-state index is 13.9. The number of hydrogen-bond donors (Lipinski definition) is 1. The number of benzene rings is 2. The zero-order valence-corrected chi connectivity index (χ0v) is 18.7. The molecule has 2 aromatic heterocycles. The molecule has 4 aromatic rings. The van der Waals surface area contributed by atoms with Gasteiger partial charge in [-0.1, -0.05) is 11.6 Å². The van der Waals surface area contributed by atoms with Crippen LogP contribution < -0.4 is 5.32 Å². The Balaban J connectivity index is 1.62. The van der Waals surface area contributed by atoms with Crippen LogP contribution in [0.1, 0.15) is 40.3 Å². The van der Waals surface area contributed by atoms with Gasteiger partial charge in [-0.25, -0.2) is 13.8 Å². The summed E-state index contributed by atoms with van der Waals surface area (Å²) in [5.41, 5.74) is 0.146. The fourth-order valence-electron chi connectivity index (χ4n) is 3.61. The van der Waals surface area contributed by atoms with Crippen molar-refractivity contribution in [2.45, 2.75) is 26.1 Å². The highest BCUT2D eigenvalue weighted by Crippen LogP contribution is 2.34. The molecule has 2 heterocycles. The Hall–Kier alpha value is -3.66. The van der Waals surface area contributed by atoms with Crippen molar-refractivity contribution in [3.63, 3.8) is 0 Å². The number of rotatable bonds is 5. The quantitative estimate of drug-likeness (QED) is 0.366. The third-order valence-corrected chi connectivity index (χ3v) is 5.54. The Kier molecular flexibility index (Phi) is 6.18. The summed E-state index contributed by atoms with van der Waals surface area (Å²) < 4.78 is 57.1. The Bertz CT molecular complexity index is 1330. The van der Waals surface area contributed by atoms with E-state index in [2.05, 4.69) is 15.5 Å². The van der Waals surface area contributed by atoms with E-state index in [1.165, 1.54) is 42.6 Å². The summed E-state index contributed by atoms with van der Waals surface area (Å²) in [5.74, 6) is -1.33. The molecule has 0 bridgehead atoms. The molecule has 0 radical (unpaired) electrons. The van der Waals surface area contributed by atoms with E-state index in [9.17, 15) is 22.4 Å². The van der Waals surface area contributed by atoms with Crippen LogP contribution in [-0.4, -0.2) is 25.5 Å². The van der Waals surface area contributed by atoms with Gasteiger partial charge in [0.15, 0.2) is 5.69 Å². The highest BCUT2D eigenvalue weighted by Gasteiger charge is 2.40. The first-order valence-electron chi connectivity index (χ1n) is 10.1. The van der Waals surface area contributed by atoms with E-state index in [-0.39, 0.29) is 5.69 Å². The normalized spacial score (nSPS) is 12.6. The summed E-state index contributed by atoms with van der Waals surface area (Å²) in [7, 11) is 0. The number of nitrogens with zero attached hydrogens (tertiary/aromatic N) is 4. The number of halogens is 5. The minimum atomic E-state index is -4.84. The van der Waals surface area contributed by atoms with Crippen molar-refractivity contribution < 1.29 is 22.4 Å². The van der Waals surface area contributed by atoms with Crippen molar-refractivity contribution >= 4 is 17.5 Å². The van der Waals surface area contributed by atoms with Crippen LogP contribution in [0.4, 0.5) is 17.6 Å². The summed E-state index contributed by atoms with van der Waals surface area (Å²) in [6.07, 6.45) is -2.45. The second-order valence-corrected chi connectivity index (χ2v) is 8.00. The van der Waals surface area contributed by atoms with Crippen LogP contribution >= 0.6 is 11.6 Å². The van der Waals surface area contributed by atoms with Crippen molar-refractivity contribution in [1.29, 1.82) is 0 Å². The van der Waals surface area contributed by atoms with Crippen molar-refractivity contribution in [3.05, 3.63) is 94.3 Å². The summed E-state index contributed by atoms with van der Waals surface area (Å²) in [6, 6.07) is 10.6. The Morgan fingerprint density at radius 3 is 2.15 bits per heavy atom. The first-order valence-corrected chi connectivity index (χ1v) is 10.5.